The van der Waals surface area contributed by atoms with Crippen molar-refractivity contribution in [2.75, 3.05) is 0 Å². The standard InChI is InChI=1S/C46H28O/c1-2-13-29(14-3-1)33-25-32-17-6-7-18-34(32)40(27-33)45-37-21-10-8-19-35(37)44(36-20-9-11-22-38(36)45)39-23-12-24-42-46(39)41-26-30-15-4-5-16-31(30)28-43(41)47-42/h1-28H/i4D,5D,6D,7D,12D,15D,16D,17D,18D,23D,24D,25D,26D,27D,28D. The third-order valence-corrected chi connectivity index (χ3v) is 8.63. The van der Waals surface area contributed by atoms with E-state index >= 15 is 0 Å². The van der Waals surface area contributed by atoms with Gasteiger partial charge in [-0.25, -0.2) is 0 Å². The van der Waals surface area contributed by atoms with E-state index in [-0.39, 0.29) is 72.3 Å². The fourth-order valence-corrected chi connectivity index (χ4v) is 6.65. The summed E-state index contributed by atoms with van der Waals surface area (Å²) in [6.45, 7) is 0. The van der Waals surface area contributed by atoms with E-state index in [1.807, 2.05) is 0 Å². The number of hydrogen-bond donors (Lipinski definition) is 0. The maximum atomic E-state index is 9.88. The Morgan fingerprint density at radius 3 is 1.68 bits per heavy atom. The molecule has 0 fully saturated rings. The molecule has 1 nitrogen and oxygen atoms in total. The Kier molecular flexibility index (Phi) is 3.33. The Morgan fingerprint density at radius 2 is 0.979 bits per heavy atom. The SMILES string of the molecule is [2H]c1c([2H])c(-c2c3ccccc3c(-c3c([2H])c(-c4ccccc4)c([2H])c4c([2H])c([2H])c([2H])c([2H])c34)c3ccccc23)c2c(oc3c([2H])c4c([2H])c([2H])c([2H])c([2H])c4c([2H])c32)c1[2H]. The van der Waals surface area contributed by atoms with Crippen molar-refractivity contribution in [1.29, 1.82) is 0 Å². The summed E-state index contributed by atoms with van der Waals surface area (Å²) in [5.41, 5.74) is 1.11. The number of benzene rings is 9. The molecule has 0 amide bonds. The highest BCUT2D eigenvalue weighted by Crippen LogP contribution is 2.48. The molecule has 0 saturated carbocycles. The van der Waals surface area contributed by atoms with Gasteiger partial charge in [-0.05, 0) is 107 Å². The Labute approximate surface area is 293 Å². The molecular weight excluding hydrogens is 569 g/mol. The van der Waals surface area contributed by atoms with Gasteiger partial charge < -0.3 is 4.42 Å². The van der Waals surface area contributed by atoms with Crippen LogP contribution in [-0.4, -0.2) is 0 Å². The fourth-order valence-electron chi connectivity index (χ4n) is 6.65. The minimum atomic E-state index is -0.605. The largest absolute Gasteiger partial charge is 0.456 e. The first-order chi connectivity index (χ1) is 29.6. The number of furan rings is 1. The average Bonchev–Trinajstić information content (AvgIpc) is 3.68. The summed E-state index contributed by atoms with van der Waals surface area (Å²) in [6, 6.07) is 15.9. The molecule has 9 aromatic carbocycles. The molecule has 0 unspecified atom stereocenters. The summed E-state index contributed by atoms with van der Waals surface area (Å²) in [7, 11) is 0. The zero-order chi connectivity index (χ0) is 44.0. The van der Waals surface area contributed by atoms with Crippen molar-refractivity contribution < 1.29 is 25.0 Å². The van der Waals surface area contributed by atoms with Gasteiger partial charge in [0.15, 0.2) is 0 Å². The molecule has 10 rings (SSSR count). The first kappa shape index (κ1) is 15.4. The van der Waals surface area contributed by atoms with Gasteiger partial charge in [-0.2, -0.15) is 0 Å². The maximum absolute atomic E-state index is 9.88. The van der Waals surface area contributed by atoms with Crippen molar-refractivity contribution in [2.24, 2.45) is 0 Å². The Morgan fingerprint density at radius 1 is 0.383 bits per heavy atom. The molecule has 0 atom stereocenters. The zero-order valence-corrected chi connectivity index (χ0v) is 24.4. The molecule has 0 bridgehead atoms. The molecular formula is C46H28O. The van der Waals surface area contributed by atoms with Gasteiger partial charge in [-0.15, -0.1) is 0 Å². The van der Waals surface area contributed by atoms with Crippen molar-refractivity contribution in [2.45, 2.75) is 0 Å². The summed E-state index contributed by atoms with van der Waals surface area (Å²) in [5.74, 6) is 0. The quantitative estimate of drug-likeness (QED) is 0.181. The molecule has 1 heterocycles. The van der Waals surface area contributed by atoms with E-state index in [1.54, 1.807) is 78.9 Å². The third kappa shape index (κ3) is 3.97. The topological polar surface area (TPSA) is 13.1 Å². The van der Waals surface area contributed by atoms with Crippen LogP contribution in [0.5, 0.6) is 0 Å². The first-order valence-corrected chi connectivity index (χ1v) is 15.0. The van der Waals surface area contributed by atoms with Crippen LogP contribution < -0.4 is 0 Å². The maximum Gasteiger partial charge on any atom is 0.136 e. The summed E-state index contributed by atoms with van der Waals surface area (Å²) in [4.78, 5) is 0. The molecule has 47 heavy (non-hydrogen) atoms. The molecule has 0 aliphatic rings. The second kappa shape index (κ2) is 10.2. The second-order valence-corrected chi connectivity index (χ2v) is 11.2. The Balaban J connectivity index is 1.46. The van der Waals surface area contributed by atoms with E-state index in [2.05, 4.69) is 0 Å². The van der Waals surface area contributed by atoms with Crippen LogP contribution in [0.25, 0.3) is 98.4 Å². The second-order valence-electron chi connectivity index (χ2n) is 11.2. The lowest BCUT2D eigenvalue weighted by Crippen LogP contribution is -1.93. The molecule has 10 aromatic rings. The van der Waals surface area contributed by atoms with Crippen molar-refractivity contribution in [3.05, 3.63) is 169 Å². The molecule has 1 heteroatoms. The van der Waals surface area contributed by atoms with Gasteiger partial charge in [0.05, 0.1) is 20.6 Å². The van der Waals surface area contributed by atoms with Crippen LogP contribution in [0.4, 0.5) is 0 Å². The van der Waals surface area contributed by atoms with Gasteiger partial charge in [-0.3, -0.25) is 0 Å². The van der Waals surface area contributed by atoms with Crippen molar-refractivity contribution in [3.8, 4) is 33.4 Å². The van der Waals surface area contributed by atoms with Gasteiger partial charge in [0.1, 0.15) is 11.2 Å². The van der Waals surface area contributed by atoms with Crippen molar-refractivity contribution >= 4 is 65.0 Å². The van der Waals surface area contributed by atoms with Gasteiger partial charge in [0, 0.05) is 10.8 Å². The molecule has 218 valence electrons. The van der Waals surface area contributed by atoms with Crippen LogP contribution in [0.2, 0.25) is 0 Å². The molecule has 0 N–H and O–H groups in total. The molecule has 0 aliphatic heterocycles. The number of rotatable bonds is 3. The number of fused-ring (bicyclic) bond motifs is 7. The highest BCUT2D eigenvalue weighted by atomic mass is 16.3. The molecule has 0 radical (unpaired) electrons. The van der Waals surface area contributed by atoms with E-state index < -0.39 is 78.6 Å². The van der Waals surface area contributed by atoms with Crippen LogP contribution in [-0.2, 0) is 0 Å². The lowest BCUT2D eigenvalue weighted by atomic mass is 9.83. The summed E-state index contributed by atoms with van der Waals surface area (Å²) in [6.07, 6.45) is 0. The highest BCUT2D eigenvalue weighted by molar-refractivity contribution is 6.27. The van der Waals surface area contributed by atoms with Gasteiger partial charge in [0.25, 0.3) is 0 Å². The lowest BCUT2D eigenvalue weighted by molar-refractivity contribution is 0.669. The van der Waals surface area contributed by atoms with Crippen LogP contribution in [0.15, 0.2) is 174 Å². The first-order valence-electron chi connectivity index (χ1n) is 22.5. The molecule has 0 spiro atoms. The van der Waals surface area contributed by atoms with Crippen LogP contribution in [0.3, 0.4) is 0 Å². The van der Waals surface area contributed by atoms with Gasteiger partial charge in [0.2, 0.25) is 0 Å². The summed E-state index contributed by atoms with van der Waals surface area (Å²) < 4.78 is 141. The van der Waals surface area contributed by atoms with E-state index in [0.29, 0.717) is 38.2 Å². The predicted molar refractivity (Wildman–Crippen MR) is 200 cm³/mol. The zero-order valence-electron chi connectivity index (χ0n) is 39.4. The summed E-state index contributed by atoms with van der Waals surface area (Å²) >= 11 is 0. The highest BCUT2D eigenvalue weighted by Gasteiger charge is 2.21. The number of hydrogen-bond acceptors (Lipinski definition) is 1. The monoisotopic (exact) mass is 611 g/mol. The normalized spacial score (nSPS) is 16.3. The molecule has 0 saturated heterocycles. The molecule has 1 aromatic heterocycles. The van der Waals surface area contributed by atoms with Crippen LogP contribution >= 0.6 is 0 Å². The summed E-state index contributed by atoms with van der Waals surface area (Å²) in [5, 5.41) is 1.20. The third-order valence-electron chi connectivity index (χ3n) is 8.63. The van der Waals surface area contributed by atoms with Crippen molar-refractivity contribution in [3.63, 3.8) is 0 Å². The smallest absolute Gasteiger partial charge is 0.136 e. The lowest BCUT2D eigenvalue weighted by Gasteiger charge is -2.20. The van der Waals surface area contributed by atoms with E-state index in [9.17, 15) is 8.22 Å². The molecule has 0 aliphatic carbocycles. The minimum absolute atomic E-state index is 0.0209. The van der Waals surface area contributed by atoms with E-state index in [4.69, 9.17) is 16.8 Å². The van der Waals surface area contributed by atoms with E-state index in [0.717, 1.165) is 0 Å². The van der Waals surface area contributed by atoms with Crippen LogP contribution in [0, 0.1) is 0 Å². The predicted octanol–water partition coefficient (Wildman–Crippen LogP) is 13.2. The van der Waals surface area contributed by atoms with E-state index in [1.165, 1.54) is 0 Å². The fraction of sp³-hybridized carbons (Fsp3) is 0. The van der Waals surface area contributed by atoms with Gasteiger partial charge in [-0.1, -0.05) is 139 Å². The van der Waals surface area contributed by atoms with Gasteiger partial charge >= 0.3 is 0 Å². The minimum Gasteiger partial charge on any atom is -0.456 e. The van der Waals surface area contributed by atoms with Crippen LogP contribution in [0.1, 0.15) is 20.6 Å². The van der Waals surface area contributed by atoms with Crippen molar-refractivity contribution in [1.82, 2.24) is 0 Å². The Hall–Kier alpha value is -6.18. The Bertz CT molecular complexity index is 3630. The average molecular weight is 612 g/mol.